The van der Waals surface area contributed by atoms with Crippen molar-refractivity contribution in [3.63, 3.8) is 0 Å². The van der Waals surface area contributed by atoms with Gasteiger partial charge in [-0.25, -0.2) is 4.98 Å². The van der Waals surface area contributed by atoms with E-state index in [4.69, 9.17) is 4.74 Å². The Bertz CT molecular complexity index is 715. The monoisotopic (exact) mass is 361 g/mol. The second-order valence-corrected chi connectivity index (χ2v) is 6.51. The summed E-state index contributed by atoms with van der Waals surface area (Å²) < 4.78 is 6.97. The molecule has 0 fully saturated rings. The van der Waals surface area contributed by atoms with Crippen molar-refractivity contribution in [2.45, 2.75) is 30.7 Å². The Morgan fingerprint density at radius 2 is 2.20 bits per heavy atom. The van der Waals surface area contributed by atoms with Crippen LogP contribution >= 0.6 is 11.8 Å². The van der Waals surface area contributed by atoms with E-state index >= 15 is 0 Å². The van der Waals surface area contributed by atoms with Crippen LogP contribution in [0.25, 0.3) is 0 Å². The predicted molar refractivity (Wildman–Crippen MR) is 97.4 cm³/mol. The maximum absolute atomic E-state index is 12.2. The zero-order valence-electron chi connectivity index (χ0n) is 14.5. The molecular weight excluding hydrogens is 338 g/mol. The lowest BCUT2D eigenvalue weighted by Gasteiger charge is -2.07. The summed E-state index contributed by atoms with van der Waals surface area (Å²) in [5.74, 6) is 0.0185. The van der Waals surface area contributed by atoms with E-state index in [1.165, 1.54) is 0 Å². The number of imidazole rings is 1. The van der Waals surface area contributed by atoms with E-state index < -0.39 is 5.97 Å². The van der Waals surface area contributed by atoms with Crippen LogP contribution in [0.5, 0.6) is 0 Å². The smallest absolute Gasteiger partial charge is 0.325 e. The molecule has 0 unspecified atom stereocenters. The molecular formula is C18H23N3O3S. The molecule has 2 aromatic rings. The zero-order chi connectivity index (χ0) is 18.1. The van der Waals surface area contributed by atoms with Gasteiger partial charge in [-0.2, -0.15) is 0 Å². The van der Waals surface area contributed by atoms with Crippen LogP contribution in [0.1, 0.15) is 35.7 Å². The number of nitrogens with zero attached hydrogens (tertiary/aromatic N) is 2. The Morgan fingerprint density at radius 1 is 1.36 bits per heavy atom. The SMILES string of the molecule is CCCCOC(=O)CNC(=O)c1cccc(CSc2nccn2C)c1. The molecule has 1 aromatic carbocycles. The van der Waals surface area contributed by atoms with Gasteiger partial charge in [0.1, 0.15) is 6.54 Å². The fourth-order valence-electron chi connectivity index (χ4n) is 2.08. The quantitative estimate of drug-likeness (QED) is 0.422. The summed E-state index contributed by atoms with van der Waals surface area (Å²) in [7, 11) is 1.94. The van der Waals surface area contributed by atoms with Gasteiger partial charge in [-0.3, -0.25) is 9.59 Å². The molecule has 134 valence electrons. The van der Waals surface area contributed by atoms with Gasteiger partial charge in [0.05, 0.1) is 6.61 Å². The molecule has 0 radical (unpaired) electrons. The van der Waals surface area contributed by atoms with Gasteiger partial charge in [-0.15, -0.1) is 0 Å². The van der Waals surface area contributed by atoms with Crippen molar-refractivity contribution >= 4 is 23.6 Å². The number of esters is 1. The van der Waals surface area contributed by atoms with Crippen molar-refractivity contribution < 1.29 is 14.3 Å². The van der Waals surface area contributed by atoms with E-state index in [2.05, 4.69) is 10.3 Å². The highest BCUT2D eigenvalue weighted by atomic mass is 32.2. The fourth-order valence-corrected chi connectivity index (χ4v) is 2.95. The molecule has 0 spiro atoms. The highest BCUT2D eigenvalue weighted by Crippen LogP contribution is 2.20. The molecule has 25 heavy (non-hydrogen) atoms. The van der Waals surface area contributed by atoms with Crippen LogP contribution in [0.4, 0.5) is 0 Å². The number of rotatable bonds is 9. The average Bonchev–Trinajstić information content (AvgIpc) is 3.03. The van der Waals surface area contributed by atoms with Crippen molar-refractivity contribution in [1.82, 2.24) is 14.9 Å². The number of aryl methyl sites for hydroxylation is 1. The normalized spacial score (nSPS) is 10.5. The van der Waals surface area contributed by atoms with Crippen LogP contribution in [-0.2, 0) is 22.3 Å². The van der Waals surface area contributed by atoms with Crippen LogP contribution in [0.15, 0.2) is 41.8 Å². The molecule has 0 saturated carbocycles. The number of hydrogen-bond acceptors (Lipinski definition) is 5. The van der Waals surface area contributed by atoms with Crippen molar-refractivity contribution in [3.05, 3.63) is 47.8 Å². The van der Waals surface area contributed by atoms with Gasteiger partial charge in [0.15, 0.2) is 5.16 Å². The molecule has 6 nitrogen and oxygen atoms in total. The number of benzene rings is 1. The maximum atomic E-state index is 12.2. The summed E-state index contributed by atoms with van der Waals surface area (Å²) in [5, 5.41) is 3.52. The third kappa shape index (κ3) is 6.26. The summed E-state index contributed by atoms with van der Waals surface area (Å²) >= 11 is 1.60. The second kappa shape index (κ2) is 9.88. The first kappa shape index (κ1) is 19.1. The second-order valence-electron chi connectivity index (χ2n) is 5.57. The Hall–Kier alpha value is -2.28. The van der Waals surface area contributed by atoms with Gasteiger partial charge in [-0.05, 0) is 24.1 Å². The Kier molecular flexibility index (Phi) is 7.53. The van der Waals surface area contributed by atoms with Crippen LogP contribution < -0.4 is 5.32 Å². The number of carbonyl (C=O) groups excluding carboxylic acids is 2. The minimum atomic E-state index is -0.414. The first-order valence-corrected chi connectivity index (χ1v) is 9.21. The first-order valence-electron chi connectivity index (χ1n) is 8.23. The predicted octanol–water partition coefficient (Wildman–Crippen LogP) is 2.79. The number of amides is 1. The number of thioether (sulfide) groups is 1. The molecule has 7 heteroatoms. The Morgan fingerprint density at radius 3 is 2.92 bits per heavy atom. The van der Waals surface area contributed by atoms with Gasteiger partial charge in [0.2, 0.25) is 0 Å². The van der Waals surface area contributed by atoms with Crippen LogP contribution in [0, 0.1) is 0 Å². The number of nitrogens with one attached hydrogen (secondary N) is 1. The van der Waals surface area contributed by atoms with Gasteiger partial charge in [0.25, 0.3) is 5.91 Å². The summed E-state index contributed by atoms with van der Waals surface area (Å²) in [4.78, 5) is 28.0. The highest BCUT2D eigenvalue weighted by molar-refractivity contribution is 7.98. The minimum Gasteiger partial charge on any atom is -0.464 e. The minimum absolute atomic E-state index is 0.116. The van der Waals surface area contributed by atoms with Crippen LogP contribution in [0.2, 0.25) is 0 Å². The van der Waals surface area contributed by atoms with Gasteiger partial charge in [-0.1, -0.05) is 37.2 Å². The third-order valence-electron chi connectivity index (χ3n) is 3.49. The van der Waals surface area contributed by atoms with E-state index in [1.54, 1.807) is 24.0 Å². The van der Waals surface area contributed by atoms with E-state index in [-0.39, 0.29) is 12.5 Å². The number of carbonyl (C=O) groups is 2. The summed E-state index contributed by atoms with van der Waals surface area (Å²) in [6.07, 6.45) is 5.44. The summed E-state index contributed by atoms with van der Waals surface area (Å²) in [6.45, 7) is 2.30. The standard InChI is InChI=1S/C18H23N3O3S/c1-3-4-10-24-16(22)12-20-17(23)15-7-5-6-14(11-15)13-25-18-19-8-9-21(18)2/h5-9,11H,3-4,10,12-13H2,1-2H3,(H,20,23). The lowest BCUT2D eigenvalue weighted by molar-refractivity contribution is -0.142. The van der Waals surface area contributed by atoms with Crippen LogP contribution in [-0.4, -0.2) is 34.6 Å². The zero-order valence-corrected chi connectivity index (χ0v) is 15.3. The summed E-state index contributed by atoms with van der Waals surface area (Å²) in [6, 6.07) is 7.36. The average molecular weight is 361 g/mol. The molecule has 1 amide bonds. The van der Waals surface area contributed by atoms with E-state index in [0.717, 1.165) is 23.6 Å². The first-order chi connectivity index (χ1) is 12.1. The number of unbranched alkanes of at least 4 members (excludes halogenated alkanes) is 1. The largest absolute Gasteiger partial charge is 0.464 e. The van der Waals surface area contributed by atoms with Gasteiger partial charge in [0, 0.05) is 30.8 Å². The molecule has 2 rings (SSSR count). The molecule has 1 heterocycles. The van der Waals surface area contributed by atoms with Crippen molar-refractivity contribution in [3.8, 4) is 0 Å². The third-order valence-corrected chi connectivity index (χ3v) is 4.62. The Balaban J connectivity index is 1.84. The van der Waals surface area contributed by atoms with Gasteiger partial charge < -0.3 is 14.6 Å². The number of hydrogen-bond donors (Lipinski definition) is 1. The molecule has 0 aliphatic heterocycles. The summed E-state index contributed by atoms with van der Waals surface area (Å²) in [5.41, 5.74) is 1.55. The van der Waals surface area contributed by atoms with Crippen molar-refractivity contribution in [1.29, 1.82) is 0 Å². The molecule has 1 N–H and O–H groups in total. The highest BCUT2D eigenvalue weighted by Gasteiger charge is 2.10. The van der Waals surface area contributed by atoms with Crippen LogP contribution in [0.3, 0.4) is 0 Å². The van der Waals surface area contributed by atoms with E-state index in [0.29, 0.717) is 17.9 Å². The Labute approximate surface area is 152 Å². The fraction of sp³-hybridized carbons (Fsp3) is 0.389. The lowest BCUT2D eigenvalue weighted by Crippen LogP contribution is -2.30. The molecule has 0 atom stereocenters. The molecule has 0 aliphatic carbocycles. The van der Waals surface area contributed by atoms with E-state index in [9.17, 15) is 9.59 Å². The van der Waals surface area contributed by atoms with Crippen molar-refractivity contribution in [2.24, 2.45) is 7.05 Å². The van der Waals surface area contributed by atoms with Gasteiger partial charge >= 0.3 is 5.97 Å². The molecule has 0 bridgehead atoms. The molecule has 1 aromatic heterocycles. The topological polar surface area (TPSA) is 73.2 Å². The number of ether oxygens (including phenoxy) is 1. The molecule has 0 aliphatic rings. The van der Waals surface area contributed by atoms with E-state index in [1.807, 2.05) is 42.9 Å². The van der Waals surface area contributed by atoms with Crippen molar-refractivity contribution in [2.75, 3.05) is 13.2 Å². The number of aromatic nitrogens is 2. The maximum Gasteiger partial charge on any atom is 0.325 e. The lowest BCUT2D eigenvalue weighted by atomic mass is 10.1. The molecule has 0 saturated heterocycles.